The predicted octanol–water partition coefficient (Wildman–Crippen LogP) is 2.07. The second kappa shape index (κ2) is 6.35. The number of rotatable bonds is 3. The van der Waals surface area contributed by atoms with E-state index in [-0.39, 0.29) is 5.82 Å². The lowest BCUT2D eigenvalue weighted by Crippen LogP contribution is -2.45. The molecule has 1 aromatic carbocycles. The van der Waals surface area contributed by atoms with Gasteiger partial charge < -0.3 is 15.5 Å². The molecule has 2 N–H and O–H groups in total. The van der Waals surface area contributed by atoms with Crippen molar-refractivity contribution in [1.82, 2.24) is 4.90 Å². The molecule has 2 rings (SSSR count). The van der Waals surface area contributed by atoms with Gasteiger partial charge in [0, 0.05) is 24.3 Å². The van der Waals surface area contributed by atoms with E-state index in [1.807, 2.05) is 6.07 Å². The Morgan fingerprint density at radius 3 is 2.89 bits per heavy atom. The maximum absolute atomic E-state index is 13.5. The third-order valence-corrected chi connectivity index (χ3v) is 3.93. The number of benzene rings is 1. The Hall–Kier alpha value is -1.13. The van der Waals surface area contributed by atoms with Crippen LogP contribution in [0, 0.1) is 5.82 Å². The van der Waals surface area contributed by atoms with Gasteiger partial charge in [-0.25, -0.2) is 4.39 Å². The minimum absolute atomic E-state index is 0.172. The maximum Gasteiger partial charge on any atom is 0.125 e. The first-order chi connectivity index (χ1) is 9.11. The van der Waals surface area contributed by atoms with Crippen LogP contribution in [-0.2, 0) is 0 Å². The molecule has 1 aromatic rings. The van der Waals surface area contributed by atoms with Gasteiger partial charge >= 0.3 is 0 Å². The fourth-order valence-corrected chi connectivity index (χ4v) is 2.97. The van der Waals surface area contributed by atoms with Gasteiger partial charge in [0.2, 0.25) is 0 Å². The molecule has 19 heavy (non-hydrogen) atoms. The Morgan fingerprint density at radius 2 is 2.21 bits per heavy atom. The van der Waals surface area contributed by atoms with E-state index in [0.29, 0.717) is 18.6 Å². The molecule has 0 amide bonds. The highest BCUT2D eigenvalue weighted by atomic mass is 19.1. The highest BCUT2D eigenvalue weighted by Crippen LogP contribution is 2.26. The molecular formula is C15H24FN3. The van der Waals surface area contributed by atoms with Crippen LogP contribution in [0.3, 0.4) is 0 Å². The van der Waals surface area contributed by atoms with Crippen LogP contribution >= 0.6 is 0 Å². The highest BCUT2D eigenvalue weighted by molar-refractivity contribution is 5.49. The van der Waals surface area contributed by atoms with E-state index in [2.05, 4.69) is 23.8 Å². The molecule has 106 valence electrons. The molecule has 0 saturated carbocycles. The van der Waals surface area contributed by atoms with Crippen molar-refractivity contribution in [1.29, 1.82) is 0 Å². The number of hydrogen-bond donors (Lipinski definition) is 1. The second-order valence-electron chi connectivity index (χ2n) is 5.52. The minimum Gasteiger partial charge on any atom is -0.364 e. The van der Waals surface area contributed by atoms with Gasteiger partial charge in [0.1, 0.15) is 5.82 Å². The summed E-state index contributed by atoms with van der Waals surface area (Å²) in [6.07, 6.45) is 2.03. The molecule has 1 aliphatic rings. The third-order valence-electron chi connectivity index (χ3n) is 3.93. The molecule has 4 heteroatoms. The summed E-state index contributed by atoms with van der Waals surface area (Å²) >= 11 is 0. The van der Waals surface area contributed by atoms with Crippen LogP contribution in [0.5, 0.6) is 0 Å². The number of halogens is 1. The Balaban J connectivity index is 2.30. The van der Waals surface area contributed by atoms with E-state index >= 15 is 0 Å². The Labute approximate surface area is 115 Å². The summed E-state index contributed by atoms with van der Waals surface area (Å²) in [5.74, 6) is -0.172. The van der Waals surface area contributed by atoms with E-state index in [0.717, 1.165) is 31.6 Å². The molecule has 2 unspecified atom stereocenters. The molecule has 0 bridgehead atoms. The van der Waals surface area contributed by atoms with Crippen molar-refractivity contribution < 1.29 is 4.39 Å². The van der Waals surface area contributed by atoms with Gasteiger partial charge in [0.05, 0.1) is 0 Å². The van der Waals surface area contributed by atoms with Gasteiger partial charge in [0.25, 0.3) is 0 Å². The Bertz CT molecular complexity index is 410. The SMILES string of the molecule is CC1CCN(C)CC(CCN)N1c1cccc(F)c1. The van der Waals surface area contributed by atoms with Crippen LogP contribution in [0.4, 0.5) is 10.1 Å². The van der Waals surface area contributed by atoms with Crippen molar-refractivity contribution in [3.63, 3.8) is 0 Å². The average molecular weight is 265 g/mol. The molecule has 1 saturated heterocycles. The zero-order valence-electron chi connectivity index (χ0n) is 11.8. The first-order valence-corrected chi connectivity index (χ1v) is 7.04. The maximum atomic E-state index is 13.5. The number of nitrogens with two attached hydrogens (primary N) is 1. The molecular weight excluding hydrogens is 241 g/mol. The summed E-state index contributed by atoms with van der Waals surface area (Å²) < 4.78 is 13.5. The summed E-state index contributed by atoms with van der Waals surface area (Å²) in [5.41, 5.74) is 6.73. The van der Waals surface area contributed by atoms with Gasteiger partial charge in [0.15, 0.2) is 0 Å². The average Bonchev–Trinajstić information content (AvgIpc) is 2.49. The van der Waals surface area contributed by atoms with Gasteiger partial charge in [-0.3, -0.25) is 0 Å². The van der Waals surface area contributed by atoms with Gasteiger partial charge in [-0.05, 0) is 58.1 Å². The summed E-state index contributed by atoms with van der Waals surface area (Å²) in [6.45, 7) is 4.94. The molecule has 1 aliphatic heterocycles. The van der Waals surface area contributed by atoms with Crippen LogP contribution in [0.1, 0.15) is 19.8 Å². The topological polar surface area (TPSA) is 32.5 Å². The fraction of sp³-hybridized carbons (Fsp3) is 0.600. The largest absolute Gasteiger partial charge is 0.364 e. The van der Waals surface area contributed by atoms with E-state index in [1.54, 1.807) is 12.1 Å². The summed E-state index contributed by atoms with van der Waals surface area (Å²) in [4.78, 5) is 4.69. The molecule has 0 aliphatic carbocycles. The number of hydrogen-bond acceptors (Lipinski definition) is 3. The molecule has 1 fully saturated rings. The lowest BCUT2D eigenvalue weighted by molar-refractivity contribution is 0.326. The first-order valence-electron chi connectivity index (χ1n) is 7.04. The summed E-state index contributed by atoms with van der Waals surface area (Å²) in [7, 11) is 2.14. The molecule has 0 spiro atoms. The van der Waals surface area contributed by atoms with E-state index < -0.39 is 0 Å². The standard InChI is InChI=1S/C15H24FN3/c1-12-7-9-18(2)11-15(6-8-17)19(12)14-5-3-4-13(16)10-14/h3-5,10,12,15H,6-9,11,17H2,1-2H3. The third kappa shape index (κ3) is 3.45. The summed E-state index contributed by atoms with van der Waals surface area (Å²) in [5, 5.41) is 0. The van der Waals surface area contributed by atoms with Crippen LogP contribution in [-0.4, -0.2) is 43.7 Å². The summed E-state index contributed by atoms with van der Waals surface area (Å²) in [6, 6.07) is 7.67. The number of anilines is 1. The van der Waals surface area contributed by atoms with Gasteiger partial charge in [-0.15, -0.1) is 0 Å². The first kappa shape index (κ1) is 14.3. The molecule has 1 heterocycles. The normalized spacial score (nSPS) is 25.4. The van der Waals surface area contributed by atoms with Crippen molar-refractivity contribution in [2.45, 2.75) is 31.8 Å². The van der Waals surface area contributed by atoms with Crippen molar-refractivity contribution in [2.75, 3.05) is 31.6 Å². The zero-order chi connectivity index (χ0) is 13.8. The Morgan fingerprint density at radius 1 is 1.42 bits per heavy atom. The fourth-order valence-electron chi connectivity index (χ4n) is 2.97. The lowest BCUT2D eigenvalue weighted by Gasteiger charge is -2.37. The number of likely N-dealkylation sites (N-methyl/N-ethyl adjacent to an activating group) is 1. The quantitative estimate of drug-likeness (QED) is 0.908. The van der Waals surface area contributed by atoms with E-state index in [1.165, 1.54) is 6.07 Å². The highest BCUT2D eigenvalue weighted by Gasteiger charge is 2.28. The van der Waals surface area contributed by atoms with Crippen LogP contribution < -0.4 is 10.6 Å². The predicted molar refractivity (Wildman–Crippen MR) is 77.9 cm³/mol. The minimum atomic E-state index is -0.172. The zero-order valence-corrected chi connectivity index (χ0v) is 11.8. The lowest BCUT2D eigenvalue weighted by atomic mass is 10.1. The van der Waals surface area contributed by atoms with E-state index in [9.17, 15) is 4.39 Å². The van der Waals surface area contributed by atoms with Crippen molar-refractivity contribution in [2.24, 2.45) is 5.73 Å². The van der Waals surface area contributed by atoms with Crippen molar-refractivity contribution in [3.8, 4) is 0 Å². The van der Waals surface area contributed by atoms with Gasteiger partial charge in [-0.2, -0.15) is 0 Å². The van der Waals surface area contributed by atoms with E-state index in [4.69, 9.17) is 5.73 Å². The van der Waals surface area contributed by atoms with Gasteiger partial charge in [-0.1, -0.05) is 6.07 Å². The smallest absolute Gasteiger partial charge is 0.125 e. The number of nitrogens with zero attached hydrogens (tertiary/aromatic N) is 2. The molecule has 2 atom stereocenters. The van der Waals surface area contributed by atoms with Crippen molar-refractivity contribution in [3.05, 3.63) is 30.1 Å². The van der Waals surface area contributed by atoms with Crippen LogP contribution in [0.2, 0.25) is 0 Å². The molecule has 0 aromatic heterocycles. The molecule has 0 radical (unpaired) electrons. The Kier molecular flexibility index (Phi) is 4.77. The monoisotopic (exact) mass is 265 g/mol. The van der Waals surface area contributed by atoms with Crippen LogP contribution in [0.15, 0.2) is 24.3 Å². The van der Waals surface area contributed by atoms with Crippen molar-refractivity contribution >= 4 is 5.69 Å². The molecule has 3 nitrogen and oxygen atoms in total. The van der Waals surface area contributed by atoms with Crippen LogP contribution in [0.25, 0.3) is 0 Å². The second-order valence-corrected chi connectivity index (χ2v) is 5.52.